The van der Waals surface area contributed by atoms with Crippen LogP contribution in [0.4, 0.5) is 0 Å². The van der Waals surface area contributed by atoms with Crippen LogP contribution in [0, 0.1) is 6.08 Å². The molecule has 1 aromatic carbocycles. The van der Waals surface area contributed by atoms with Crippen molar-refractivity contribution in [3.05, 3.63) is 48.0 Å². The van der Waals surface area contributed by atoms with Crippen LogP contribution in [0.15, 0.2) is 36.4 Å². The van der Waals surface area contributed by atoms with Crippen LogP contribution in [0.2, 0.25) is 0 Å². The van der Waals surface area contributed by atoms with Crippen LogP contribution in [0.1, 0.15) is 24.9 Å². The quantitative estimate of drug-likeness (QED) is 0.686. The molecule has 2 rings (SSSR count). The Morgan fingerprint density at radius 2 is 2.08 bits per heavy atom. The molecular formula is C12H14N. The van der Waals surface area contributed by atoms with Crippen LogP contribution < -0.4 is 5.32 Å². The van der Waals surface area contributed by atoms with E-state index in [1.165, 1.54) is 5.56 Å². The highest BCUT2D eigenvalue weighted by Crippen LogP contribution is 2.20. The maximum atomic E-state index is 3.51. The summed E-state index contributed by atoms with van der Waals surface area (Å²) in [6, 6.07) is 11.4. The van der Waals surface area contributed by atoms with E-state index in [2.05, 4.69) is 54.7 Å². The number of hydrogen-bond acceptors (Lipinski definition) is 1. The van der Waals surface area contributed by atoms with Gasteiger partial charge in [-0.3, -0.25) is 0 Å². The van der Waals surface area contributed by atoms with Crippen molar-refractivity contribution in [3.63, 3.8) is 0 Å². The van der Waals surface area contributed by atoms with Crippen LogP contribution in [0.5, 0.6) is 0 Å². The molecule has 0 amide bonds. The van der Waals surface area contributed by atoms with Crippen molar-refractivity contribution in [1.82, 2.24) is 5.32 Å². The average Bonchev–Trinajstić information content (AvgIpc) is 2.19. The zero-order chi connectivity index (χ0) is 9.10. The summed E-state index contributed by atoms with van der Waals surface area (Å²) in [6.07, 6.45) is 6.37. The first-order valence-electron chi connectivity index (χ1n) is 4.74. The lowest BCUT2D eigenvalue weighted by Crippen LogP contribution is -2.31. The van der Waals surface area contributed by atoms with E-state index in [-0.39, 0.29) is 0 Å². The minimum Gasteiger partial charge on any atom is -0.304 e. The summed E-state index contributed by atoms with van der Waals surface area (Å²) in [5.74, 6) is 0. The van der Waals surface area contributed by atoms with Crippen molar-refractivity contribution in [3.8, 4) is 0 Å². The van der Waals surface area contributed by atoms with Crippen molar-refractivity contribution in [2.75, 3.05) is 0 Å². The second-order valence-corrected chi connectivity index (χ2v) is 3.49. The van der Waals surface area contributed by atoms with Crippen molar-refractivity contribution in [2.24, 2.45) is 0 Å². The van der Waals surface area contributed by atoms with Gasteiger partial charge in [0.25, 0.3) is 0 Å². The van der Waals surface area contributed by atoms with E-state index in [4.69, 9.17) is 0 Å². The Labute approximate surface area is 79.5 Å². The number of hydrogen-bond donors (Lipinski definition) is 1. The van der Waals surface area contributed by atoms with Crippen molar-refractivity contribution in [1.29, 1.82) is 0 Å². The van der Waals surface area contributed by atoms with Crippen LogP contribution >= 0.6 is 0 Å². The highest BCUT2D eigenvalue weighted by molar-refractivity contribution is 5.20. The summed E-state index contributed by atoms with van der Waals surface area (Å²) < 4.78 is 0. The SMILES string of the molecule is CC1C=[C]CC(c2ccccc2)N1. The number of benzene rings is 1. The van der Waals surface area contributed by atoms with Gasteiger partial charge >= 0.3 is 0 Å². The van der Waals surface area contributed by atoms with E-state index in [0.29, 0.717) is 12.1 Å². The standard InChI is InChI=1S/C12H14N/c1-10-6-5-9-12(13-10)11-7-3-2-4-8-11/h2-4,6-8,10,12-13H,9H2,1H3. The first-order valence-corrected chi connectivity index (χ1v) is 4.74. The summed E-state index contributed by atoms with van der Waals surface area (Å²) in [6.45, 7) is 2.15. The predicted molar refractivity (Wildman–Crippen MR) is 54.2 cm³/mol. The van der Waals surface area contributed by atoms with Gasteiger partial charge < -0.3 is 5.32 Å². The van der Waals surface area contributed by atoms with Crippen LogP contribution in [-0.4, -0.2) is 6.04 Å². The van der Waals surface area contributed by atoms with Gasteiger partial charge in [-0.25, -0.2) is 0 Å². The lowest BCUT2D eigenvalue weighted by molar-refractivity contribution is 0.478. The first kappa shape index (κ1) is 8.52. The normalized spacial score (nSPS) is 27.5. The summed E-state index contributed by atoms with van der Waals surface area (Å²) >= 11 is 0. The average molecular weight is 172 g/mol. The van der Waals surface area contributed by atoms with E-state index in [9.17, 15) is 0 Å². The molecule has 0 saturated heterocycles. The molecule has 2 atom stereocenters. The molecule has 0 spiro atoms. The Kier molecular flexibility index (Phi) is 2.46. The first-order chi connectivity index (χ1) is 6.36. The molecule has 1 aromatic rings. The van der Waals surface area contributed by atoms with E-state index < -0.39 is 0 Å². The van der Waals surface area contributed by atoms with Gasteiger partial charge in [0.1, 0.15) is 0 Å². The molecule has 2 unspecified atom stereocenters. The van der Waals surface area contributed by atoms with Gasteiger partial charge in [-0.15, -0.1) is 0 Å². The second kappa shape index (κ2) is 3.75. The highest BCUT2D eigenvalue weighted by Gasteiger charge is 2.14. The molecule has 13 heavy (non-hydrogen) atoms. The minimum atomic E-state index is 0.443. The molecule has 0 aromatic heterocycles. The fourth-order valence-electron chi connectivity index (χ4n) is 1.69. The van der Waals surface area contributed by atoms with Gasteiger partial charge in [0.15, 0.2) is 0 Å². The lowest BCUT2D eigenvalue weighted by Gasteiger charge is -2.24. The molecule has 67 valence electrons. The lowest BCUT2D eigenvalue weighted by atomic mass is 9.99. The Bertz CT molecular complexity index is 289. The van der Waals surface area contributed by atoms with Gasteiger partial charge in [0.05, 0.1) is 0 Å². The third-order valence-corrected chi connectivity index (χ3v) is 2.36. The van der Waals surface area contributed by atoms with Gasteiger partial charge in [-0.05, 0) is 25.0 Å². The molecule has 1 heterocycles. The van der Waals surface area contributed by atoms with Gasteiger partial charge in [-0.2, -0.15) is 0 Å². The predicted octanol–water partition coefficient (Wildman–Crippen LogP) is 2.47. The zero-order valence-corrected chi connectivity index (χ0v) is 7.83. The molecule has 1 aliphatic heterocycles. The maximum absolute atomic E-state index is 3.51. The van der Waals surface area contributed by atoms with E-state index in [1.807, 2.05) is 0 Å². The molecule has 1 heteroatoms. The summed E-state index contributed by atoms with van der Waals surface area (Å²) in [5.41, 5.74) is 1.36. The van der Waals surface area contributed by atoms with Crippen LogP contribution in [0.3, 0.4) is 0 Å². The van der Waals surface area contributed by atoms with E-state index in [1.54, 1.807) is 0 Å². The molecule has 1 aliphatic rings. The third-order valence-electron chi connectivity index (χ3n) is 2.36. The van der Waals surface area contributed by atoms with Gasteiger partial charge in [0.2, 0.25) is 0 Å². The molecule has 0 aliphatic carbocycles. The monoisotopic (exact) mass is 172 g/mol. The van der Waals surface area contributed by atoms with Gasteiger partial charge in [-0.1, -0.05) is 36.4 Å². The summed E-state index contributed by atoms with van der Waals surface area (Å²) in [7, 11) is 0. The zero-order valence-electron chi connectivity index (χ0n) is 7.83. The highest BCUT2D eigenvalue weighted by atomic mass is 14.9. The molecule has 0 fully saturated rings. The van der Waals surface area contributed by atoms with Crippen LogP contribution in [0.25, 0.3) is 0 Å². The molecule has 0 saturated carbocycles. The Hall–Kier alpha value is -1.08. The number of rotatable bonds is 1. The third kappa shape index (κ3) is 1.99. The number of nitrogens with one attached hydrogen (secondary N) is 1. The molecule has 1 radical (unpaired) electrons. The largest absolute Gasteiger partial charge is 0.304 e. The molecule has 0 bridgehead atoms. The fourth-order valence-corrected chi connectivity index (χ4v) is 1.69. The Morgan fingerprint density at radius 3 is 2.77 bits per heavy atom. The Balaban J connectivity index is 2.15. The molecular weight excluding hydrogens is 158 g/mol. The summed E-state index contributed by atoms with van der Waals surface area (Å²) in [4.78, 5) is 0. The second-order valence-electron chi connectivity index (χ2n) is 3.49. The van der Waals surface area contributed by atoms with Crippen molar-refractivity contribution in [2.45, 2.75) is 25.4 Å². The van der Waals surface area contributed by atoms with Crippen molar-refractivity contribution >= 4 is 0 Å². The topological polar surface area (TPSA) is 12.0 Å². The van der Waals surface area contributed by atoms with E-state index in [0.717, 1.165) is 6.42 Å². The molecule has 1 N–H and O–H groups in total. The maximum Gasteiger partial charge on any atom is 0.0365 e. The van der Waals surface area contributed by atoms with Crippen LogP contribution in [-0.2, 0) is 0 Å². The van der Waals surface area contributed by atoms with Gasteiger partial charge in [0, 0.05) is 12.1 Å². The minimum absolute atomic E-state index is 0.443. The summed E-state index contributed by atoms with van der Waals surface area (Å²) in [5, 5.41) is 3.51. The van der Waals surface area contributed by atoms with E-state index >= 15 is 0 Å². The smallest absolute Gasteiger partial charge is 0.0365 e. The molecule has 1 nitrogen and oxygen atoms in total. The Morgan fingerprint density at radius 1 is 1.31 bits per heavy atom. The van der Waals surface area contributed by atoms with Crippen molar-refractivity contribution < 1.29 is 0 Å². The fraction of sp³-hybridized carbons (Fsp3) is 0.333.